The Hall–Kier alpha value is -2.21. The summed E-state index contributed by atoms with van der Waals surface area (Å²) < 4.78 is 5.98. The minimum absolute atomic E-state index is 0.0828. The van der Waals surface area contributed by atoms with E-state index in [1.165, 1.54) is 0 Å². The van der Waals surface area contributed by atoms with Gasteiger partial charge in [0.05, 0.1) is 5.56 Å². The highest BCUT2D eigenvalue weighted by Crippen LogP contribution is 2.31. The monoisotopic (exact) mass is 317 g/mol. The normalized spacial score (nSPS) is 10.6. The van der Waals surface area contributed by atoms with Crippen molar-refractivity contribution in [2.75, 3.05) is 0 Å². The van der Waals surface area contributed by atoms with E-state index in [0.29, 0.717) is 17.1 Å². The Morgan fingerprint density at radius 3 is 2.84 bits per heavy atom. The molecular formula is C13H8BrN3O2. The molecule has 0 unspecified atom stereocenters. The Kier molecular flexibility index (Phi) is 3.00. The molecule has 0 radical (unpaired) electrons. The summed E-state index contributed by atoms with van der Waals surface area (Å²) >= 11 is 3.33. The Morgan fingerprint density at radius 1 is 1.16 bits per heavy atom. The first kappa shape index (κ1) is 11.9. The maximum Gasteiger partial charge on any atom is 0.262 e. The predicted octanol–water partition coefficient (Wildman–Crippen LogP) is 3.27. The van der Waals surface area contributed by atoms with E-state index in [1.807, 2.05) is 12.1 Å². The van der Waals surface area contributed by atoms with Crippen molar-refractivity contribution in [2.24, 2.45) is 0 Å². The van der Waals surface area contributed by atoms with Crippen molar-refractivity contribution < 1.29 is 9.63 Å². The number of phenolic OH excluding ortho intramolecular Hbond substituents is 1. The van der Waals surface area contributed by atoms with E-state index in [-0.39, 0.29) is 11.6 Å². The van der Waals surface area contributed by atoms with Gasteiger partial charge in [-0.2, -0.15) is 4.98 Å². The minimum Gasteiger partial charge on any atom is -0.507 e. The van der Waals surface area contributed by atoms with Gasteiger partial charge in [0.1, 0.15) is 11.4 Å². The quantitative estimate of drug-likeness (QED) is 0.785. The first-order valence-electron chi connectivity index (χ1n) is 5.48. The Balaban J connectivity index is 2.04. The second kappa shape index (κ2) is 4.81. The molecule has 0 aliphatic rings. The molecule has 94 valence electrons. The molecule has 0 bridgehead atoms. The molecule has 0 fully saturated rings. The number of nitrogens with zero attached hydrogens (tertiary/aromatic N) is 3. The topological polar surface area (TPSA) is 72.0 Å². The molecule has 0 aliphatic heterocycles. The molecule has 0 aliphatic carbocycles. The number of pyridine rings is 1. The summed E-state index contributed by atoms with van der Waals surface area (Å²) in [4.78, 5) is 8.37. The van der Waals surface area contributed by atoms with Gasteiger partial charge >= 0.3 is 0 Å². The molecule has 2 heterocycles. The highest BCUT2D eigenvalue weighted by atomic mass is 79.9. The third kappa shape index (κ3) is 2.34. The van der Waals surface area contributed by atoms with E-state index in [1.54, 1.807) is 30.5 Å². The van der Waals surface area contributed by atoms with Gasteiger partial charge in [-0.25, -0.2) is 0 Å². The summed E-state index contributed by atoms with van der Waals surface area (Å²) in [5.41, 5.74) is 1.09. The number of benzene rings is 1. The van der Waals surface area contributed by atoms with Crippen LogP contribution in [0.25, 0.3) is 23.0 Å². The lowest BCUT2D eigenvalue weighted by molar-refractivity contribution is 0.425. The zero-order valence-corrected chi connectivity index (χ0v) is 11.2. The summed E-state index contributed by atoms with van der Waals surface area (Å²) in [6.07, 6.45) is 1.65. The van der Waals surface area contributed by atoms with E-state index < -0.39 is 0 Å². The van der Waals surface area contributed by atoms with Gasteiger partial charge < -0.3 is 9.63 Å². The van der Waals surface area contributed by atoms with E-state index in [0.717, 1.165) is 4.47 Å². The lowest BCUT2D eigenvalue weighted by atomic mass is 10.2. The molecule has 0 spiro atoms. The second-order valence-corrected chi connectivity index (χ2v) is 4.72. The van der Waals surface area contributed by atoms with Gasteiger partial charge in [0.25, 0.3) is 5.89 Å². The third-order valence-electron chi connectivity index (χ3n) is 2.51. The fourth-order valence-electron chi connectivity index (χ4n) is 1.61. The van der Waals surface area contributed by atoms with Crippen molar-refractivity contribution in [3.8, 4) is 28.7 Å². The van der Waals surface area contributed by atoms with Gasteiger partial charge in [-0.05, 0) is 30.3 Å². The first-order chi connectivity index (χ1) is 9.24. The fraction of sp³-hybridized carbons (Fsp3) is 0. The zero-order chi connectivity index (χ0) is 13.2. The van der Waals surface area contributed by atoms with Crippen LogP contribution >= 0.6 is 15.9 Å². The molecule has 0 saturated carbocycles. The summed E-state index contributed by atoms with van der Waals surface area (Å²) in [5.74, 6) is 0.717. The summed E-state index contributed by atoms with van der Waals surface area (Å²) in [5, 5.41) is 13.7. The Labute approximate surface area is 117 Å². The number of hydrogen-bond donors (Lipinski definition) is 1. The van der Waals surface area contributed by atoms with Crippen LogP contribution in [0.3, 0.4) is 0 Å². The molecule has 19 heavy (non-hydrogen) atoms. The van der Waals surface area contributed by atoms with Crippen LogP contribution in [-0.4, -0.2) is 20.2 Å². The maximum absolute atomic E-state index is 9.80. The van der Waals surface area contributed by atoms with Gasteiger partial charge in [-0.1, -0.05) is 27.2 Å². The number of halogens is 1. The average molecular weight is 318 g/mol. The number of aromatic hydroxyl groups is 1. The highest BCUT2D eigenvalue weighted by molar-refractivity contribution is 9.10. The van der Waals surface area contributed by atoms with Crippen molar-refractivity contribution in [2.45, 2.75) is 0 Å². The van der Waals surface area contributed by atoms with Crippen LogP contribution in [0, 0.1) is 0 Å². The number of hydrogen-bond acceptors (Lipinski definition) is 5. The van der Waals surface area contributed by atoms with Gasteiger partial charge in [-0.15, -0.1) is 0 Å². The SMILES string of the molecule is Oc1ccc(Br)cc1-c1nc(-c2ccccn2)no1. The first-order valence-corrected chi connectivity index (χ1v) is 6.27. The van der Waals surface area contributed by atoms with Crippen molar-refractivity contribution in [1.82, 2.24) is 15.1 Å². The predicted molar refractivity (Wildman–Crippen MR) is 72.3 cm³/mol. The lowest BCUT2D eigenvalue weighted by Gasteiger charge is -1.99. The zero-order valence-electron chi connectivity index (χ0n) is 9.62. The Bertz CT molecular complexity index is 713. The van der Waals surface area contributed by atoms with E-state index >= 15 is 0 Å². The number of phenols is 1. The average Bonchev–Trinajstić information content (AvgIpc) is 2.92. The van der Waals surface area contributed by atoms with Crippen molar-refractivity contribution in [3.63, 3.8) is 0 Å². The highest BCUT2D eigenvalue weighted by Gasteiger charge is 2.14. The van der Waals surface area contributed by atoms with Gasteiger partial charge in [-0.3, -0.25) is 4.98 Å². The summed E-state index contributed by atoms with van der Waals surface area (Å²) in [6, 6.07) is 10.4. The molecule has 0 saturated heterocycles. The van der Waals surface area contributed by atoms with Crippen molar-refractivity contribution in [3.05, 3.63) is 47.1 Å². The molecule has 3 rings (SSSR count). The summed E-state index contributed by atoms with van der Waals surface area (Å²) in [7, 11) is 0. The van der Waals surface area contributed by atoms with Crippen molar-refractivity contribution >= 4 is 15.9 Å². The van der Waals surface area contributed by atoms with Gasteiger partial charge in [0.2, 0.25) is 5.82 Å². The smallest absolute Gasteiger partial charge is 0.262 e. The molecule has 2 aromatic heterocycles. The molecule has 0 amide bonds. The molecule has 1 N–H and O–H groups in total. The van der Waals surface area contributed by atoms with E-state index in [2.05, 4.69) is 31.1 Å². The van der Waals surface area contributed by atoms with Crippen LogP contribution in [-0.2, 0) is 0 Å². The third-order valence-corrected chi connectivity index (χ3v) is 3.00. The van der Waals surface area contributed by atoms with Gasteiger partial charge in [0, 0.05) is 10.7 Å². The van der Waals surface area contributed by atoms with Crippen LogP contribution in [0.15, 0.2) is 51.6 Å². The van der Waals surface area contributed by atoms with Crippen LogP contribution in [0.2, 0.25) is 0 Å². The molecule has 5 nitrogen and oxygen atoms in total. The van der Waals surface area contributed by atoms with Crippen LogP contribution in [0.5, 0.6) is 5.75 Å². The number of aromatic nitrogens is 3. The molecular weight excluding hydrogens is 310 g/mol. The van der Waals surface area contributed by atoms with Crippen LogP contribution in [0.4, 0.5) is 0 Å². The Morgan fingerprint density at radius 2 is 2.05 bits per heavy atom. The van der Waals surface area contributed by atoms with E-state index in [9.17, 15) is 5.11 Å². The standard InChI is InChI=1S/C13H8BrN3O2/c14-8-4-5-11(18)9(7-8)13-16-12(17-19-13)10-3-1-2-6-15-10/h1-7,18H. The number of rotatable bonds is 2. The summed E-state index contributed by atoms with van der Waals surface area (Å²) in [6.45, 7) is 0. The van der Waals surface area contributed by atoms with Crippen LogP contribution < -0.4 is 0 Å². The fourth-order valence-corrected chi connectivity index (χ4v) is 1.97. The molecule has 0 atom stereocenters. The molecule has 1 aromatic carbocycles. The molecule has 6 heteroatoms. The lowest BCUT2D eigenvalue weighted by Crippen LogP contribution is -1.84. The van der Waals surface area contributed by atoms with Crippen molar-refractivity contribution in [1.29, 1.82) is 0 Å². The van der Waals surface area contributed by atoms with Crippen LogP contribution in [0.1, 0.15) is 0 Å². The largest absolute Gasteiger partial charge is 0.507 e. The maximum atomic E-state index is 9.80. The second-order valence-electron chi connectivity index (χ2n) is 3.80. The van der Waals surface area contributed by atoms with Gasteiger partial charge in [0.15, 0.2) is 0 Å². The minimum atomic E-state index is 0.0828. The van der Waals surface area contributed by atoms with E-state index in [4.69, 9.17) is 4.52 Å². The molecule has 3 aromatic rings.